The maximum Gasteiger partial charge on any atom is 0.0650 e. The van der Waals surface area contributed by atoms with Crippen molar-refractivity contribution in [1.29, 1.82) is 0 Å². The molecule has 2 aromatic rings. The molecule has 0 fully saturated rings. The second kappa shape index (κ2) is 11.0. The predicted octanol–water partition coefficient (Wildman–Crippen LogP) is 5.83. The largest absolute Gasteiger partial charge is 0.382 e. The van der Waals surface area contributed by atoms with Crippen LogP contribution in [0, 0.1) is 0 Å². The fourth-order valence-corrected chi connectivity index (χ4v) is 3.03. The molecule has 0 saturated carbocycles. The van der Waals surface area contributed by atoms with Crippen molar-refractivity contribution in [3.05, 3.63) is 58.9 Å². The molecule has 0 spiro atoms. The van der Waals surface area contributed by atoms with Crippen molar-refractivity contribution >= 4 is 29.4 Å². The van der Waals surface area contributed by atoms with Crippen LogP contribution in [0.4, 0.5) is 5.69 Å². The average Bonchev–Trinajstić information content (AvgIpc) is 2.65. The normalized spacial score (nSPS) is 12.7. The summed E-state index contributed by atoms with van der Waals surface area (Å²) in [5.41, 5.74) is 3.17. The van der Waals surface area contributed by atoms with E-state index in [0.29, 0.717) is 6.04 Å². The summed E-state index contributed by atoms with van der Waals surface area (Å²) < 4.78 is 0. The average molecular weight is 372 g/mol. The SMILES string of the molecule is CCN(CC)CCCC(C)Nc1ccnc(/C=C/c2ccc(Cl)cc2)c1. The molecule has 0 aliphatic rings. The Hall–Kier alpha value is -1.84. The van der Waals surface area contributed by atoms with Crippen LogP contribution in [-0.2, 0) is 0 Å². The number of halogens is 1. The van der Waals surface area contributed by atoms with Gasteiger partial charge >= 0.3 is 0 Å². The van der Waals surface area contributed by atoms with E-state index in [0.717, 1.165) is 41.5 Å². The first-order chi connectivity index (χ1) is 12.6. The molecule has 1 aromatic heterocycles. The Balaban J connectivity index is 1.86. The minimum Gasteiger partial charge on any atom is -0.382 e. The van der Waals surface area contributed by atoms with Gasteiger partial charge in [0.05, 0.1) is 5.69 Å². The lowest BCUT2D eigenvalue weighted by Crippen LogP contribution is -2.25. The molecule has 1 aromatic carbocycles. The number of benzene rings is 1. The first kappa shape index (κ1) is 20.5. The first-order valence-corrected chi connectivity index (χ1v) is 9.87. The number of hydrogen-bond donors (Lipinski definition) is 1. The summed E-state index contributed by atoms with van der Waals surface area (Å²) >= 11 is 5.92. The quantitative estimate of drug-likeness (QED) is 0.569. The van der Waals surface area contributed by atoms with E-state index < -0.39 is 0 Å². The summed E-state index contributed by atoms with van der Waals surface area (Å²) in [5.74, 6) is 0. The second-order valence-corrected chi connectivity index (χ2v) is 7.01. The van der Waals surface area contributed by atoms with Crippen molar-refractivity contribution < 1.29 is 0 Å². The molecule has 140 valence electrons. The highest BCUT2D eigenvalue weighted by Crippen LogP contribution is 2.15. The van der Waals surface area contributed by atoms with Crippen LogP contribution in [-0.4, -0.2) is 35.6 Å². The maximum atomic E-state index is 5.92. The number of rotatable bonds is 10. The van der Waals surface area contributed by atoms with Gasteiger partial charge in [-0.15, -0.1) is 0 Å². The first-order valence-electron chi connectivity index (χ1n) is 9.49. The van der Waals surface area contributed by atoms with Gasteiger partial charge < -0.3 is 10.2 Å². The van der Waals surface area contributed by atoms with Gasteiger partial charge in [-0.3, -0.25) is 4.98 Å². The molecule has 2 rings (SSSR count). The van der Waals surface area contributed by atoms with Gasteiger partial charge in [0.1, 0.15) is 0 Å². The van der Waals surface area contributed by atoms with Gasteiger partial charge in [0.2, 0.25) is 0 Å². The van der Waals surface area contributed by atoms with E-state index >= 15 is 0 Å². The van der Waals surface area contributed by atoms with Crippen molar-refractivity contribution in [2.24, 2.45) is 0 Å². The topological polar surface area (TPSA) is 28.2 Å². The smallest absolute Gasteiger partial charge is 0.0650 e. The minimum absolute atomic E-state index is 0.445. The number of nitrogens with zero attached hydrogens (tertiary/aromatic N) is 2. The molecular weight excluding hydrogens is 342 g/mol. The summed E-state index contributed by atoms with van der Waals surface area (Å²) in [5, 5.41) is 4.34. The molecule has 0 saturated heterocycles. The Kier molecular flexibility index (Phi) is 8.66. The zero-order valence-electron chi connectivity index (χ0n) is 16.1. The third kappa shape index (κ3) is 7.19. The van der Waals surface area contributed by atoms with Crippen LogP contribution in [0.15, 0.2) is 42.6 Å². The standard InChI is InChI=1S/C22H30ClN3/c1-4-26(5-2)16-6-7-18(3)25-22-14-15-24-21(17-22)13-10-19-8-11-20(23)12-9-19/h8-15,17-18H,4-7,16H2,1-3H3,(H,24,25)/b13-10+. The van der Waals surface area contributed by atoms with E-state index in [4.69, 9.17) is 11.6 Å². The fraction of sp³-hybridized carbons (Fsp3) is 0.409. The zero-order chi connectivity index (χ0) is 18.8. The number of pyridine rings is 1. The molecule has 1 atom stereocenters. The Morgan fingerprint density at radius 1 is 1.12 bits per heavy atom. The van der Waals surface area contributed by atoms with Crippen molar-refractivity contribution in [3.63, 3.8) is 0 Å². The Bertz CT molecular complexity index is 678. The van der Waals surface area contributed by atoms with E-state index in [1.807, 2.05) is 42.6 Å². The molecule has 0 radical (unpaired) electrons. The molecule has 1 N–H and O–H groups in total. The number of hydrogen-bond acceptors (Lipinski definition) is 3. The number of nitrogens with one attached hydrogen (secondary N) is 1. The molecule has 0 bridgehead atoms. The summed E-state index contributed by atoms with van der Waals surface area (Å²) in [6.07, 6.45) is 8.31. The van der Waals surface area contributed by atoms with Crippen LogP contribution in [0.1, 0.15) is 44.9 Å². The summed E-state index contributed by atoms with van der Waals surface area (Å²) in [6, 6.07) is 12.4. The highest BCUT2D eigenvalue weighted by Gasteiger charge is 2.05. The van der Waals surface area contributed by atoms with E-state index in [1.54, 1.807) is 0 Å². The zero-order valence-corrected chi connectivity index (χ0v) is 16.8. The molecule has 0 aliphatic heterocycles. The van der Waals surface area contributed by atoms with Gasteiger partial charge in [-0.1, -0.05) is 43.7 Å². The third-order valence-electron chi connectivity index (χ3n) is 4.52. The number of aromatic nitrogens is 1. The third-order valence-corrected chi connectivity index (χ3v) is 4.77. The monoisotopic (exact) mass is 371 g/mol. The van der Waals surface area contributed by atoms with Gasteiger partial charge in [-0.25, -0.2) is 0 Å². The lowest BCUT2D eigenvalue weighted by molar-refractivity contribution is 0.295. The molecule has 3 nitrogen and oxygen atoms in total. The summed E-state index contributed by atoms with van der Waals surface area (Å²) in [4.78, 5) is 6.90. The summed E-state index contributed by atoms with van der Waals surface area (Å²) in [7, 11) is 0. The van der Waals surface area contributed by atoms with E-state index in [-0.39, 0.29) is 0 Å². The maximum absolute atomic E-state index is 5.92. The lowest BCUT2D eigenvalue weighted by atomic mass is 10.1. The molecule has 26 heavy (non-hydrogen) atoms. The minimum atomic E-state index is 0.445. The van der Waals surface area contributed by atoms with Gasteiger partial charge in [-0.2, -0.15) is 0 Å². The lowest BCUT2D eigenvalue weighted by Gasteiger charge is -2.20. The van der Waals surface area contributed by atoms with Crippen LogP contribution in [0.2, 0.25) is 5.02 Å². The molecule has 0 amide bonds. The van der Waals surface area contributed by atoms with Gasteiger partial charge in [0.15, 0.2) is 0 Å². The van der Waals surface area contributed by atoms with Crippen LogP contribution in [0.25, 0.3) is 12.2 Å². The van der Waals surface area contributed by atoms with Crippen molar-refractivity contribution in [1.82, 2.24) is 9.88 Å². The Labute approximate surface area is 163 Å². The molecule has 1 unspecified atom stereocenters. The van der Waals surface area contributed by atoms with Gasteiger partial charge in [0, 0.05) is 22.9 Å². The van der Waals surface area contributed by atoms with Gasteiger partial charge in [-0.05, 0) is 75.3 Å². The highest BCUT2D eigenvalue weighted by molar-refractivity contribution is 6.30. The molecular formula is C22H30ClN3. The van der Waals surface area contributed by atoms with Crippen LogP contribution in [0.3, 0.4) is 0 Å². The predicted molar refractivity (Wildman–Crippen MR) is 115 cm³/mol. The van der Waals surface area contributed by atoms with Crippen molar-refractivity contribution in [2.75, 3.05) is 25.0 Å². The Morgan fingerprint density at radius 3 is 2.54 bits per heavy atom. The van der Waals surface area contributed by atoms with Crippen molar-refractivity contribution in [3.8, 4) is 0 Å². The highest BCUT2D eigenvalue weighted by atomic mass is 35.5. The summed E-state index contributed by atoms with van der Waals surface area (Å²) in [6.45, 7) is 10.1. The van der Waals surface area contributed by atoms with Crippen LogP contribution >= 0.6 is 11.6 Å². The van der Waals surface area contributed by atoms with E-state index in [2.05, 4.69) is 48.1 Å². The molecule has 4 heteroatoms. The second-order valence-electron chi connectivity index (χ2n) is 6.57. The van der Waals surface area contributed by atoms with Crippen molar-refractivity contribution in [2.45, 2.75) is 39.7 Å². The van der Waals surface area contributed by atoms with Gasteiger partial charge in [0.25, 0.3) is 0 Å². The van der Waals surface area contributed by atoms with E-state index in [9.17, 15) is 0 Å². The van der Waals surface area contributed by atoms with Crippen LogP contribution < -0.4 is 5.32 Å². The molecule has 0 aliphatic carbocycles. The number of anilines is 1. The fourth-order valence-electron chi connectivity index (χ4n) is 2.90. The Morgan fingerprint density at radius 2 is 1.85 bits per heavy atom. The van der Waals surface area contributed by atoms with E-state index in [1.165, 1.54) is 13.0 Å². The molecule has 1 heterocycles. The van der Waals surface area contributed by atoms with Crippen LogP contribution in [0.5, 0.6) is 0 Å².